The van der Waals surface area contributed by atoms with Crippen LogP contribution in [0, 0.1) is 11.8 Å². The molecule has 0 aromatic carbocycles. The average molecular weight is 191 g/mol. The molecule has 1 aromatic rings. The molecule has 1 fully saturated rings. The second-order valence-corrected chi connectivity index (χ2v) is 4.69. The van der Waals surface area contributed by atoms with Crippen molar-refractivity contribution in [3.63, 3.8) is 0 Å². The lowest BCUT2D eigenvalue weighted by molar-refractivity contribution is 0.546. The molecule has 1 aromatic heterocycles. The van der Waals surface area contributed by atoms with Crippen molar-refractivity contribution >= 4 is 0 Å². The SMILES string of the molecule is CC1CC1Cn1cnc2c1CCNC2. The van der Waals surface area contributed by atoms with Crippen LogP contribution < -0.4 is 5.32 Å². The van der Waals surface area contributed by atoms with Crippen molar-refractivity contribution in [3.8, 4) is 0 Å². The van der Waals surface area contributed by atoms with E-state index in [9.17, 15) is 0 Å². The van der Waals surface area contributed by atoms with E-state index >= 15 is 0 Å². The topological polar surface area (TPSA) is 29.9 Å². The largest absolute Gasteiger partial charge is 0.334 e. The van der Waals surface area contributed by atoms with Gasteiger partial charge in [-0.15, -0.1) is 0 Å². The maximum atomic E-state index is 4.46. The second-order valence-electron chi connectivity index (χ2n) is 4.69. The van der Waals surface area contributed by atoms with Crippen molar-refractivity contribution in [2.45, 2.75) is 32.9 Å². The lowest BCUT2D eigenvalue weighted by Gasteiger charge is -2.14. The monoisotopic (exact) mass is 191 g/mol. The summed E-state index contributed by atoms with van der Waals surface area (Å²) in [6.07, 6.45) is 4.59. The van der Waals surface area contributed by atoms with E-state index in [1.54, 1.807) is 0 Å². The molecule has 2 atom stereocenters. The highest BCUT2D eigenvalue weighted by molar-refractivity contribution is 5.16. The van der Waals surface area contributed by atoms with E-state index in [4.69, 9.17) is 0 Å². The first kappa shape index (κ1) is 8.48. The molecule has 3 nitrogen and oxygen atoms in total. The molecule has 1 saturated carbocycles. The third-order valence-corrected chi connectivity index (χ3v) is 3.57. The van der Waals surface area contributed by atoms with Gasteiger partial charge in [0, 0.05) is 31.7 Å². The highest BCUT2D eigenvalue weighted by Crippen LogP contribution is 2.39. The maximum absolute atomic E-state index is 4.46. The van der Waals surface area contributed by atoms with E-state index < -0.39 is 0 Å². The van der Waals surface area contributed by atoms with Crippen LogP contribution in [0.1, 0.15) is 24.7 Å². The minimum absolute atomic E-state index is 0.920. The molecule has 2 unspecified atom stereocenters. The second kappa shape index (κ2) is 3.09. The van der Waals surface area contributed by atoms with Crippen LogP contribution in [0.3, 0.4) is 0 Å². The average Bonchev–Trinajstić information content (AvgIpc) is 2.75. The summed E-state index contributed by atoms with van der Waals surface area (Å²) in [5, 5.41) is 3.36. The van der Waals surface area contributed by atoms with Crippen LogP contribution in [0.5, 0.6) is 0 Å². The molecule has 2 aliphatic rings. The Labute approximate surface area is 84.5 Å². The Morgan fingerprint density at radius 2 is 2.50 bits per heavy atom. The van der Waals surface area contributed by atoms with Crippen molar-refractivity contribution in [1.82, 2.24) is 14.9 Å². The number of rotatable bonds is 2. The van der Waals surface area contributed by atoms with E-state index in [2.05, 4.69) is 21.8 Å². The summed E-state index contributed by atoms with van der Waals surface area (Å²) < 4.78 is 2.38. The van der Waals surface area contributed by atoms with E-state index in [-0.39, 0.29) is 0 Å². The Balaban J connectivity index is 1.80. The highest BCUT2D eigenvalue weighted by Gasteiger charge is 2.33. The van der Waals surface area contributed by atoms with Gasteiger partial charge in [0.1, 0.15) is 0 Å². The van der Waals surface area contributed by atoms with Gasteiger partial charge >= 0.3 is 0 Å². The zero-order chi connectivity index (χ0) is 9.54. The van der Waals surface area contributed by atoms with Crippen molar-refractivity contribution in [2.24, 2.45) is 11.8 Å². The Morgan fingerprint density at radius 1 is 1.64 bits per heavy atom. The summed E-state index contributed by atoms with van der Waals surface area (Å²) in [5.41, 5.74) is 2.74. The van der Waals surface area contributed by atoms with Gasteiger partial charge in [0.25, 0.3) is 0 Å². The number of hydrogen-bond acceptors (Lipinski definition) is 2. The number of nitrogens with one attached hydrogen (secondary N) is 1. The van der Waals surface area contributed by atoms with Crippen LogP contribution in [0.15, 0.2) is 6.33 Å². The van der Waals surface area contributed by atoms with Gasteiger partial charge in [0.2, 0.25) is 0 Å². The molecule has 76 valence electrons. The molecule has 3 rings (SSSR count). The molecule has 14 heavy (non-hydrogen) atoms. The van der Waals surface area contributed by atoms with E-state index in [0.29, 0.717) is 0 Å². The molecule has 0 saturated heterocycles. The number of nitrogens with zero attached hydrogens (tertiary/aromatic N) is 2. The maximum Gasteiger partial charge on any atom is 0.0952 e. The molecule has 1 aliphatic carbocycles. The standard InChI is InChI=1S/C11H17N3/c1-8-4-9(8)6-14-7-13-10-5-12-3-2-11(10)14/h7-9,12H,2-6H2,1H3. The molecule has 0 radical (unpaired) electrons. The van der Waals surface area contributed by atoms with Crippen LogP contribution in [-0.2, 0) is 19.5 Å². The summed E-state index contributed by atoms with van der Waals surface area (Å²) in [7, 11) is 0. The molecule has 2 heterocycles. The molecule has 1 N–H and O–H groups in total. The first-order chi connectivity index (χ1) is 6.84. The van der Waals surface area contributed by atoms with Crippen molar-refractivity contribution in [3.05, 3.63) is 17.7 Å². The first-order valence-corrected chi connectivity index (χ1v) is 5.58. The third-order valence-electron chi connectivity index (χ3n) is 3.57. The fourth-order valence-electron chi connectivity index (χ4n) is 2.36. The molecule has 1 aliphatic heterocycles. The van der Waals surface area contributed by atoms with Gasteiger partial charge in [0.05, 0.1) is 12.0 Å². The summed E-state index contributed by atoms with van der Waals surface area (Å²) in [6.45, 7) is 5.61. The minimum Gasteiger partial charge on any atom is -0.334 e. The Hall–Kier alpha value is -0.830. The first-order valence-electron chi connectivity index (χ1n) is 5.58. The quantitative estimate of drug-likeness (QED) is 0.761. The zero-order valence-electron chi connectivity index (χ0n) is 8.66. The van der Waals surface area contributed by atoms with Gasteiger partial charge in [-0.05, 0) is 18.3 Å². The van der Waals surface area contributed by atoms with Crippen molar-refractivity contribution < 1.29 is 0 Å². The van der Waals surface area contributed by atoms with E-state index in [1.165, 1.54) is 24.4 Å². The van der Waals surface area contributed by atoms with Gasteiger partial charge in [-0.3, -0.25) is 0 Å². The van der Waals surface area contributed by atoms with E-state index in [1.807, 2.05) is 6.33 Å². The number of imidazole rings is 1. The van der Waals surface area contributed by atoms with Crippen LogP contribution in [0.2, 0.25) is 0 Å². The van der Waals surface area contributed by atoms with Crippen LogP contribution in [0.25, 0.3) is 0 Å². The molecule has 0 bridgehead atoms. The summed E-state index contributed by atoms with van der Waals surface area (Å²) in [4.78, 5) is 4.46. The summed E-state index contributed by atoms with van der Waals surface area (Å²) >= 11 is 0. The summed E-state index contributed by atoms with van der Waals surface area (Å²) in [6, 6.07) is 0. The fraction of sp³-hybridized carbons (Fsp3) is 0.727. The highest BCUT2D eigenvalue weighted by atomic mass is 15.1. The Bertz CT molecular complexity index is 342. The lowest BCUT2D eigenvalue weighted by atomic mass is 10.2. The van der Waals surface area contributed by atoms with Crippen molar-refractivity contribution in [1.29, 1.82) is 0 Å². The van der Waals surface area contributed by atoms with Crippen molar-refractivity contribution in [2.75, 3.05) is 6.54 Å². The molecule has 0 amide bonds. The van der Waals surface area contributed by atoms with Gasteiger partial charge in [-0.25, -0.2) is 4.98 Å². The smallest absolute Gasteiger partial charge is 0.0952 e. The zero-order valence-corrected chi connectivity index (χ0v) is 8.66. The minimum atomic E-state index is 0.920. The van der Waals surface area contributed by atoms with Gasteiger partial charge < -0.3 is 9.88 Å². The number of fused-ring (bicyclic) bond motifs is 1. The van der Waals surface area contributed by atoms with Crippen LogP contribution in [-0.4, -0.2) is 16.1 Å². The van der Waals surface area contributed by atoms with Gasteiger partial charge in [-0.1, -0.05) is 6.92 Å². The van der Waals surface area contributed by atoms with Crippen LogP contribution in [0.4, 0.5) is 0 Å². The predicted octanol–water partition coefficient (Wildman–Crippen LogP) is 1.18. The normalized spacial score (nSPS) is 30.1. The third kappa shape index (κ3) is 1.36. The molecule has 0 spiro atoms. The molecule has 3 heteroatoms. The molecular formula is C11H17N3. The number of aromatic nitrogens is 2. The van der Waals surface area contributed by atoms with Gasteiger partial charge in [-0.2, -0.15) is 0 Å². The Morgan fingerprint density at radius 3 is 3.29 bits per heavy atom. The number of hydrogen-bond donors (Lipinski definition) is 1. The Kier molecular flexibility index (Phi) is 1.87. The predicted molar refractivity (Wildman–Crippen MR) is 54.9 cm³/mol. The van der Waals surface area contributed by atoms with Gasteiger partial charge in [0.15, 0.2) is 0 Å². The van der Waals surface area contributed by atoms with Crippen LogP contribution >= 0.6 is 0 Å². The lowest BCUT2D eigenvalue weighted by Crippen LogP contribution is -2.25. The summed E-state index contributed by atoms with van der Waals surface area (Å²) in [5.74, 6) is 1.86. The fourth-order valence-corrected chi connectivity index (χ4v) is 2.36. The molecular weight excluding hydrogens is 174 g/mol. The van der Waals surface area contributed by atoms with E-state index in [0.717, 1.165) is 31.3 Å².